The molecule has 0 aliphatic heterocycles. The number of ether oxygens (including phenoxy) is 1. The van der Waals surface area contributed by atoms with E-state index in [9.17, 15) is 4.79 Å². The first kappa shape index (κ1) is 21.3. The van der Waals surface area contributed by atoms with Crippen molar-refractivity contribution in [2.75, 3.05) is 7.11 Å². The average molecular weight is 473 g/mol. The van der Waals surface area contributed by atoms with Crippen LogP contribution in [0.3, 0.4) is 0 Å². The summed E-state index contributed by atoms with van der Waals surface area (Å²) in [5, 5.41) is 14.0. The van der Waals surface area contributed by atoms with Crippen LogP contribution in [-0.4, -0.2) is 34.2 Å². The van der Waals surface area contributed by atoms with E-state index in [0.29, 0.717) is 5.56 Å². The fourth-order valence-electron chi connectivity index (χ4n) is 2.51. The molecular formula is C21H21BrN4O2S. The zero-order valence-electron chi connectivity index (χ0n) is 16.4. The zero-order chi connectivity index (χ0) is 20.8. The number of hydrogen-bond donors (Lipinski definition) is 0. The van der Waals surface area contributed by atoms with Crippen molar-refractivity contribution in [1.29, 1.82) is 0 Å². The van der Waals surface area contributed by atoms with Crippen molar-refractivity contribution in [1.82, 2.24) is 14.9 Å². The molecule has 3 rings (SSSR count). The standard InChI is InChI=1S/C21H21BrN4O2S/c1-14(2)19-24-25-21(29-13-16-6-10-18(22)11-7-16)26(19)23-12-15-4-8-17(9-5-15)20(27)28-3/h4-12,14H,13H2,1-3H3/b23-12-. The van der Waals surface area contributed by atoms with Gasteiger partial charge in [0, 0.05) is 16.1 Å². The molecule has 8 heteroatoms. The Balaban J connectivity index is 1.79. The van der Waals surface area contributed by atoms with Crippen LogP contribution in [0.1, 0.15) is 47.1 Å². The smallest absolute Gasteiger partial charge is 0.337 e. The summed E-state index contributed by atoms with van der Waals surface area (Å²) < 4.78 is 7.56. The minimum Gasteiger partial charge on any atom is -0.465 e. The second kappa shape index (κ2) is 9.84. The highest BCUT2D eigenvalue weighted by Crippen LogP contribution is 2.25. The Bertz CT molecular complexity index is 999. The number of thioether (sulfide) groups is 1. The van der Waals surface area contributed by atoms with E-state index < -0.39 is 0 Å². The first-order valence-electron chi connectivity index (χ1n) is 9.03. The quantitative estimate of drug-likeness (QED) is 0.271. The van der Waals surface area contributed by atoms with Gasteiger partial charge >= 0.3 is 5.97 Å². The fourth-order valence-corrected chi connectivity index (χ4v) is 3.63. The number of rotatable bonds is 7. The summed E-state index contributed by atoms with van der Waals surface area (Å²) in [6, 6.07) is 15.3. The second-order valence-electron chi connectivity index (χ2n) is 6.58. The molecule has 1 heterocycles. The van der Waals surface area contributed by atoms with E-state index >= 15 is 0 Å². The maximum Gasteiger partial charge on any atom is 0.337 e. The van der Waals surface area contributed by atoms with Gasteiger partial charge in [0.2, 0.25) is 5.16 Å². The summed E-state index contributed by atoms with van der Waals surface area (Å²) in [7, 11) is 1.37. The topological polar surface area (TPSA) is 69.4 Å². The van der Waals surface area contributed by atoms with Gasteiger partial charge in [-0.3, -0.25) is 0 Å². The predicted molar refractivity (Wildman–Crippen MR) is 119 cm³/mol. The van der Waals surface area contributed by atoms with Gasteiger partial charge in [0.15, 0.2) is 5.82 Å². The molecule has 0 unspecified atom stereocenters. The molecule has 0 bridgehead atoms. The number of benzene rings is 2. The molecule has 0 spiro atoms. The monoisotopic (exact) mass is 472 g/mol. The van der Waals surface area contributed by atoms with Crippen molar-refractivity contribution in [3.05, 3.63) is 75.5 Å². The number of esters is 1. The molecule has 29 heavy (non-hydrogen) atoms. The average Bonchev–Trinajstić information content (AvgIpc) is 3.14. The normalized spacial score (nSPS) is 11.3. The van der Waals surface area contributed by atoms with Gasteiger partial charge in [0.25, 0.3) is 0 Å². The van der Waals surface area contributed by atoms with Crippen LogP contribution in [0.25, 0.3) is 0 Å². The molecule has 0 fully saturated rings. The van der Waals surface area contributed by atoms with Gasteiger partial charge in [-0.2, -0.15) is 9.78 Å². The van der Waals surface area contributed by atoms with Crippen LogP contribution in [0.2, 0.25) is 0 Å². The molecule has 0 saturated carbocycles. The lowest BCUT2D eigenvalue weighted by molar-refractivity contribution is 0.0600. The molecule has 2 aromatic carbocycles. The van der Waals surface area contributed by atoms with E-state index in [-0.39, 0.29) is 11.9 Å². The molecule has 0 aliphatic rings. The minimum atomic E-state index is -0.360. The third-order valence-electron chi connectivity index (χ3n) is 4.09. The summed E-state index contributed by atoms with van der Waals surface area (Å²) >= 11 is 5.04. The summed E-state index contributed by atoms with van der Waals surface area (Å²) in [5.74, 6) is 1.39. The highest BCUT2D eigenvalue weighted by atomic mass is 79.9. The number of hydrogen-bond acceptors (Lipinski definition) is 6. The lowest BCUT2D eigenvalue weighted by Gasteiger charge is -2.07. The molecule has 0 atom stereocenters. The van der Waals surface area contributed by atoms with Gasteiger partial charge in [0.05, 0.1) is 18.9 Å². The van der Waals surface area contributed by atoms with Gasteiger partial charge in [-0.1, -0.05) is 65.8 Å². The number of methoxy groups -OCH3 is 1. The van der Waals surface area contributed by atoms with E-state index in [2.05, 4.69) is 57.2 Å². The van der Waals surface area contributed by atoms with Gasteiger partial charge in [-0.25, -0.2) is 4.79 Å². The third-order valence-corrected chi connectivity index (χ3v) is 5.61. The molecule has 150 valence electrons. The number of carbonyl (C=O) groups is 1. The van der Waals surface area contributed by atoms with Crippen molar-refractivity contribution in [3.8, 4) is 0 Å². The highest BCUT2D eigenvalue weighted by Gasteiger charge is 2.15. The Labute approximate surface area is 182 Å². The van der Waals surface area contributed by atoms with Crippen LogP contribution in [0.5, 0.6) is 0 Å². The summed E-state index contributed by atoms with van der Waals surface area (Å²) in [6.45, 7) is 4.12. The van der Waals surface area contributed by atoms with Crippen LogP contribution < -0.4 is 0 Å². The van der Waals surface area contributed by atoms with E-state index in [1.807, 2.05) is 24.3 Å². The number of aromatic nitrogens is 3. The minimum absolute atomic E-state index is 0.184. The maximum absolute atomic E-state index is 11.6. The summed E-state index contributed by atoms with van der Waals surface area (Å²) in [6.07, 6.45) is 1.74. The number of carbonyl (C=O) groups excluding carboxylic acids is 1. The number of halogens is 1. The molecule has 1 aromatic heterocycles. The molecule has 0 amide bonds. The molecule has 3 aromatic rings. The van der Waals surface area contributed by atoms with Crippen molar-refractivity contribution >= 4 is 39.9 Å². The summed E-state index contributed by atoms with van der Waals surface area (Å²) in [5.41, 5.74) is 2.56. The lowest BCUT2D eigenvalue weighted by atomic mass is 10.1. The Kier molecular flexibility index (Phi) is 7.22. The maximum atomic E-state index is 11.6. The highest BCUT2D eigenvalue weighted by molar-refractivity contribution is 9.10. The van der Waals surface area contributed by atoms with E-state index in [1.165, 1.54) is 12.7 Å². The summed E-state index contributed by atoms with van der Waals surface area (Å²) in [4.78, 5) is 11.6. The Morgan fingerprint density at radius 2 is 1.86 bits per heavy atom. The van der Waals surface area contributed by atoms with Crippen LogP contribution in [0.15, 0.2) is 63.3 Å². The molecule has 0 radical (unpaired) electrons. The molecule has 0 saturated heterocycles. The van der Waals surface area contributed by atoms with Crippen molar-refractivity contribution in [2.45, 2.75) is 30.7 Å². The van der Waals surface area contributed by atoms with Crippen molar-refractivity contribution < 1.29 is 9.53 Å². The van der Waals surface area contributed by atoms with Crippen LogP contribution >= 0.6 is 27.7 Å². The lowest BCUT2D eigenvalue weighted by Crippen LogP contribution is -2.03. The van der Waals surface area contributed by atoms with Crippen molar-refractivity contribution in [3.63, 3.8) is 0 Å². The first-order chi connectivity index (χ1) is 14.0. The van der Waals surface area contributed by atoms with Gasteiger partial charge in [-0.05, 0) is 35.4 Å². The molecule has 6 nitrogen and oxygen atoms in total. The first-order valence-corrected chi connectivity index (χ1v) is 10.8. The van der Waals surface area contributed by atoms with E-state index in [4.69, 9.17) is 4.74 Å². The third kappa shape index (κ3) is 5.55. The largest absolute Gasteiger partial charge is 0.465 e. The van der Waals surface area contributed by atoms with Crippen LogP contribution in [0.4, 0.5) is 0 Å². The van der Waals surface area contributed by atoms with Gasteiger partial charge in [0.1, 0.15) is 0 Å². The van der Waals surface area contributed by atoms with Crippen LogP contribution in [-0.2, 0) is 10.5 Å². The van der Waals surface area contributed by atoms with Crippen molar-refractivity contribution in [2.24, 2.45) is 5.10 Å². The van der Waals surface area contributed by atoms with Gasteiger partial charge in [-0.15, -0.1) is 10.2 Å². The molecule has 0 N–H and O–H groups in total. The SMILES string of the molecule is COC(=O)c1ccc(/C=N\n2c(SCc3ccc(Br)cc3)nnc2C(C)C)cc1. The fraction of sp³-hybridized carbons (Fsp3) is 0.238. The number of nitrogens with zero attached hydrogens (tertiary/aromatic N) is 4. The molecular weight excluding hydrogens is 452 g/mol. The zero-order valence-corrected chi connectivity index (χ0v) is 18.8. The Morgan fingerprint density at radius 3 is 2.48 bits per heavy atom. The van der Waals surface area contributed by atoms with Gasteiger partial charge < -0.3 is 4.74 Å². The Hall–Kier alpha value is -2.45. The predicted octanol–water partition coefficient (Wildman–Crippen LogP) is 5.13. The molecule has 0 aliphatic carbocycles. The van der Waals surface area contributed by atoms with E-state index in [1.54, 1.807) is 34.8 Å². The second-order valence-corrected chi connectivity index (χ2v) is 8.44. The Morgan fingerprint density at radius 1 is 1.17 bits per heavy atom. The van der Waals surface area contributed by atoms with Crippen LogP contribution in [0, 0.1) is 0 Å². The van der Waals surface area contributed by atoms with E-state index in [0.717, 1.165) is 26.8 Å².